The summed E-state index contributed by atoms with van der Waals surface area (Å²) in [6.45, 7) is 2.40. The largest absolute Gasteiger partial charge is 0.493 e. The number of hydrogen-bond acceptors (Lipinski definition) is 6. The molecule has 3 aromatic carbocycles. The average molecular weight is 518 g/mol. The van der Waals surface area contributed by atoms with Crippen LogP contribution >= 0.6 is 15.9 Å². The van der Waals surface area contributed by atoms with Gasteiger partial charge in [0.05, 0.1) is 35.3 Å². The summed E-state index contributed by atoms with van der Waals surface area (Å²) in [5.41, 5.74) is 1.69. The molecule has 0 radical (unpaired) electrons. The second-order valence-electron chi connectivity index (χ2n) is 7.43. The normalized spacial score (nSPS) is 11.5. The number of hydrogen-bond donors (Lipinski definition) is 0. The van der Waals surface area contributed by atoms with E-state index in [1.807, 2.05) is 49.4 Å². The lowest BCUT2D eigenvalue weighted by Crippen LogP contribution is -2.20. The number of benzene rings is 3. The number of ether oxygens (including phenoxy) is 2. The molecule has 0 unspecified atom stereocenters. The highest BCUT2D eigenvalue weighted by Gasteiger charge is 2.17. The molecule has 2 heterocycles. The second-order valence-corrected chi connectivity index (χ2v) is 8.28. The summed E-state index contributed by atoms with van der Waals surface area (Å²) < 4.78 is 19.1. The Labute approximate surface area is 203 Å². The van der Waals surface area contributed by atoms with Gasteiger partial charge in [-0.05, 0) is 64.8 Å². The van der Waals surface area contributed by atoms with Crippen molar-refractivity contribution in [3.63, 3.8) is 0 Å². The van der Waals surface area contributed by atoms with Crippen LogP contribution in [0.4, 0.5) is 0 Å². The van der Waals surface area contributed by atoms with Crippen LogP contribution in [0, 0.1) is 0 Å². The Morgan fingerprint density at radius 3 is 2.71 bits per heavy atom. The Bertz CT molecular complexity index is 1570. The minimum atomic E-state index is -0.297. The Morgan fingerprint density at radius 1 is 1.12 bits per heavy atom. The van der Waals surface area contributed by atoms with Gasteiger partial charge in [-0.15, -0.1) is 0 Å². The fraction of sp³-hybridized carbons (Fsp3) is 0.115. The molecule has 5 rings (SSSR count). The number of nitrogens with zero attached hydrogens (tertiary/aromatic N) is 3. The smallest absolute Gasteiger partial charge is 0.282 e. The molecule has 34 heavy (non-hydrogen) atoms. The first kappa shape index (κ1) is 21.9. The Morgan fingerprint density at radius 2 is 1.91 bits per heavy atom. The molecule has 0 saturated heterocycles. The minimum absolute atomic E-state index is 0.297. The molecule has 0 aliphatic rings. The highest BCUT2D eigenvalue weighted by molar-refractivity contribution is 9.10. The standard InChI is InChI=1S/C26H20BrN3O4/c1-3-33-24-19(27)12-16(13-22(24)32-2)15-28-30-25(23-14-17-8-4-7-11-21(17)34-23)29-20-10-6-5-9-18(20)26(30)31/h4-15H,3H2,1-2H3. The highest BCUT2D eigenvalue weighted by Crippen LogP contribution is 2.36. The van der Waals surface area contributed by atoms with Gasteiger partial charge in [0, 0.05) is 5.39 Å². The third kappa shape index (κ3) is 3.97. The predicted molar refractivity (Wildman–Crippen MR) is 136 cm³/mol. The fourth-order valence-electron chi connectivity index (χ4n) is 3.71. The summed E-state index contributed by atoms with van der Waals surface area (Å²) in [6.07, 6.45) is 1.58. The molecule has 0 aliphatic carbocycles. The Kier molecular flexibility index (Phi) is 5.90. The zero-order valence-electron chi connectivity index (χ0n) is 18.5. The molecule has 8 heteroatoms. The molecule has 0 amide bonds. The van der Waals surface area contributed by atoms with Gasteiger partial charge in [0.1, 0.15) is 5.58 Å². The fourth-order valence-corrected chi connectivity index (χ4v) is 4.28. The predicted octanol–water partition coefficient (Wildman–Crippen LogP) is 5.86. The Balaban J connectivity index is 1.68. The number of furan rings is 1. The van der Waals surface area contributed by atoms with Crippen LogP contribution in [0.3, 0.4) is 0 Å². The molecule has 0 spiro atoms. The van der Waals surface area contributed by atoms with Gasteiger partial charge in [-0.2, -0.15) is 9.78 Å². The van der Waals surface area contributed by atoms with Crippen LogP contribution in [-0.2, 0) is 0 Å². The van der Waals surface area contributed by atoms with Crippen molar-refractivity contribution in [1.29, 1.82) is 0 Å². The topological polar surface area (TPSA) is 78.9 Å². The first-order valence-electron chi connectivity index (χ1n) is 10.6. The molecule has 0 atom stereocenters. The van der Waals surface area contributed by atoms with Crippen LogP contribution in [0.1, 0.15) is 12.5 Å². The first-order chi connectivity index (χ1) is 16.6. The van der Waals surface area contributed by atoms with E-state index in [0.717, 1.165) is 9.86 Å². The van der Waals surface area contributed by atoms with Gasteiger partial charge < -0.3 is 13.9 Å². The van der Waals surface area contributed by atoms with Crippen LogP contribution in [0.5, 0.6) is 11.5 Å². The van der Waals surface area contributed by atoms with Crippen molar-refractivity contribution in [2.45, 2.75) is 6.92 Å². The van der Waals surface area contributed by atoms with E-state index >= 15 is 0 Å². The monoisotopic (exact) mass is 517 g/mol. The summed E-state index contributed by atoms with van der Waals surface area (Å²) in [6, 6.07) is 20.3. The van der Waals surface area contributed by atoms with Gasteiger partial charge in [-0.3, -0.25) is 4.79 Å². The summed E-state index contributed by atoms with van der Waals surface area (Å²) in [5.74, 6) is 1.92. The molecular weight excluding hydrogens is 498 g/mol. The molecule has 0 bridgehead atoms. The number of para-hydroxylation sites is 2. The van der Waals surface area contributed by atoms with Gasteiger partial charge in [0.2, 0.25) is 5.82 Å². The minimum Gasteiger partial charge on any atom is -0.493 e. The van der Waals surface area contributed by atoms with Crippen LogP contribution in [-0.4, -0.2) is 29.6 Å². The van der Waals surface area contributed by atoms with Crippen molar-refractivity contribution >= 4 is 44.0 Å². The lowest BCUT2D eigenvalue weighted by Gasteiger charge is -2.12. The van der Waals surface area contributed by atoms with Crippen LogP contribution in [0.2, 0.25) is 0 Å². The number of methoxy groups -OCH3 is 1. The van der Waals surface area contributed by atoms with Crippen molar-refractivity contribution in [2.24, 2.45) is 5.10 Å². The van der Waals surface area contributed by atoms with E-state index < -0.39 is 0 Å². The number of rotatable bonds is 6. The SMILES string of the molecule is CCOc1c(Br)cc(C=Nn2c(-c3cc4ccccc4o3)nc3ccccc3c2=O)cc1OC. The quantitative estimate of drug-likeness (QED) is 0.263. The van der Waals surface area contributed by atoms with E-state index in [4.69, 9.17) is 18.9 Å². The Hall–Kier alpha value is -3.91. The maximum atomic E-state index is 13.4. The maximum Gasteiger partial charge on any atom is 0.282 e. The number of aromatic nitrogens is 2. The first-order valence-corrected chi connectivity index (χ1v) is 11.4. The zero-order valence-corrected chi connectivity index (χ0v) is 20.1. The van der Waals surface area contributed by atoms with E-state index in [2.05, 4.69) is 21.0 Å². The van der Waals surface area contributed by atoms with Crippen LogP contribution < -0.4 is 15.0 Å². The average Bonchev–Trinajstić information content (AvgIpc) is 3.29. The van der Waals surface area contributed by atoms with Gasteiger partial charge >= 0.3 is 0 Å². The van der Waals surface area contributed by atoms with E-state index in [-0.39, 0.29) is 5.56 Å². The second kappa shape index (κ2) is 9.15. The van der Waals surface area contributed by atoms with Crippen LogP contribution in [0.15, 0.2) is 85.5 Å². The maximum absolute atomic E-state index is 13.4. The molecule has 0 N–H and O–H groups in total. The van der Waals surface area contributed by atoms with Gasteiger partial charge in [0.15, 0.2) is 17.3 Å². The molecule has 0 fully saturated rings. The third-order valence-electron chi connectivity index (χ3n) is 5.26. The summed E-state index contributed by atoms with van der Waals surface area (Å²) in [7, 11) is 1.57. The molecule has 170 valence electrons. The lowest BCUT2D eigenvalue weighted by atomic mass is 10.2. The summed E-state index contributed by atoms with van der Waals surface area (Å²) in [5, 5.41) is 5.88. The van der Waals surface area contributed by atoms with Crippen molar-refractivity contribution in [1.82, 2.24) is 9.66 Å². The summed E-state index contributed by atoms with van der Waals surface area (Å²) in [4.78, 5) is 18.1. The molecule has 2 aromatic heterocycles. The number of fused-ring (bicyclic) bond motifs is 2. The van der Waals surface area contributed by atoms with Gasteiger partial charge in [-0.1, -0.05) is 30.3 Å². The molecule has 0 saturated carbocycles. The van der Waals surface area contributed by atoms with Crippen LogP contribution in [0.25, 0.3) is 33.5 Å². The van der Waals surface area contributed by atoms with E-state index in [9.17, 15) is 4.79 Å². The van der Waals surface area contributed by atoms with Gasteiger partial charge in [0.25, 0.3) is 5.56 Å². The third-order valence-corrected chi connectivity index (χ3v) is 5.85. The van der Waals surface area contributed by atoms with E-state index in [1.54, 1.807) is 37.6 Å². The summed E-state index contributed by atoms with van der Waals surface area (Å²) >= 11 is 3.52. The lowest BCUT2D eigenvalue weighted by molar-refractivity contribution is 0.309. The van der Waals surface area contributed by atoms with Crippen molar-refractivity contribution in [2.75, 3.05) is 13.7 Å². The molecule has 7 nitrogen and oxygen atoms in total. The van der Waals surface area contributed by atoms with Crippen molar-refractivity contribution in [3.8, 4) is 23.1 Å². The van der Waals surface area contributed by atoms with E-state index in [0.29, 0.717) is 51.7 Å². The van der Waals surface area contributed by atoms with Crippen molar-refractivity contribution < 1.29 is 13.9 Å². The molecule has 5 aromatic rings. The van der Waals surface area contributed by atoms with E-state index in [1.165, 1.54) is 4.68 Å². The highest BCUT2D eigenvalue weighted by atomic mass is 79.9. The zero-order chi connectivity index (χ0) is 23.7. The molecule has 0 aliphatic heterocycles. The van der Waals surface area contributed by atoms with Crippen molar-refractivity contribution in [3.05, 3.63) is 87.1 Å². The number of halogens is 1. The van der Waals surface area contributed by atoms with Gasteiger partial charge in [-0.25, -0.2) is 4.98 Å². The molecular formula is C26H20BrN3O4.